The van der Waals surface area contributed by atoms with Crippen LogP contribution in [0.25, 0.3) is 0 Å². The molecule has 0 radical (unpaired) electrons. The molecule has 24 heavy (non-hydrogen) atoms. The van der Waals surface area contributed by atoms with Gasteiger partial charge in [-0.25, -0.2) is 5.43 Å². The van der Waals surface area contributed by atoms with Crippen molar-refractivity contribution in [2.24, 2.45) is 11.0 Å². The molecular formula is C18H21N3O2S. The van der Waals surface area contributed by atoms with Crippen molar-refractivity contribution in [2.75, 3.05) is 5.32 Å². The van der Waals surface area contributed by atoms with Crippen LogP contribution in [0.3, 0.4) is 0 Å². The zero-order chi connectivity index (χ0) is 17.5. The van der Waals surface area contributed by atoms with Gasteiger partial charge in [0, 0.05) is 12.1 Å². The minimum atomic E-state index is -0.137. The molecule has 1 heterocycles. The molecule has 0 aliphatic carbocycles. The summed E-state index contributed by atoms with van der Waals surface area (Å²) in [5, 5.41) is 8.85. The van der Waals surface area contributed by atoms with Crippen molar-refractivity contribution >= 4 is 34.6 Å². The van der Waals surface area contributed by atoms with Crippen molar-refractivity contribution in [3.63, 3.8) is 0 Å². The Morgan fingerprint density at radius 1 is 1.21 bits per heavy atom. The molecule has 126 valence electrons. The third-order valence-electron chi connectivity index (χ3n) is 3.23. The van der Waals surface area contributed by atoms with E-state index in [4.69, 9.17) is 0 Å². The third-order valence-corrected chi connectivity index (χ3v) is 4.09. The van der Waals surface area contributed by atoms with Crippen LogP contribution in [0.2, 0.25) is 0 Å². The molecule has 1 aromatic heterocycles. The van der Waals surface area contributed by atoms with Gasteiger partial charge in [0.25, 0.3) is 5.91 Å². The van der Waals surface area contributed by atoms with E-state index in [1.165, 1.54) is 11.3 Å². The van der Waals surface area contributed by atoms with E-state index in [0.717, 1.165) is 5.56 Å². The van der Waals surface area contributed by atoms with Gasteiger partial charge in [-0.15, -0.1) is 11.3 Å². The van der Waals surface area contributed by atoms with E-state index in [-0.39, 0.29) is 17.7 Å². The smallest absolute Gasteiger partial charge is 0.265 e. The summed E-state index contributed by atoms with van der Waals surface area (Å²) in [4.78, 5) is 24.4. The van der Waals surface area contributed by atoms with Gasteiger partial charge in [0.15, 0.2) is 0 Å². The molecule has 0 saturated heterocycles. The summed E-state index contributed by atoms with van der Waals surface area (Å²) in [7, 11) is 0. The van der Waals surface area contributed by atoms with E-state index in [1.807, 2.05) is 56.5 Å². The SMILES string of the molecule is C/C(=N\NC(=O)CC(C)C)c1cccc(NC(=O)c2cccs2)c1. The molecule has 2 N–H and O–H groups in total. The average Bonchev–Trinajstić information content (AvgIpc) is 3.07. The Hall–Kier alpha value is -2.47. The summed E-state index contributed by atoms with van der Waals surface area (Å²) >= 11 is 1.39. The Kier molecular flexibility index (Phi) is 6.26. The summed E-state index contributed by atoms with van der Waals surface area (Å²) in [6.45, 7) is 5.78. The van der Waals surface area contributed by atoms with Crippen LogP contribution in [0, 0.1) is 5.92 Å². The Morgan fingerprint density at radius 2 is 2.00 bits per heavy atom. The van der Waals surface area contributed by atoms with Gasteiger partial charge in [-0.2, -0.15) is 5.10 Å². The molecule has 0 bridgehead atoms. The molecule has 2 amide bonds. The van der Waals surface area contributed by atoms with Crippen molar-refractivity contribution in [3.05, 3.63) is 52.2 Å². The lowest BCUT2D eigenvalue weighted by Crippen LogP contribution is -2.20. The summed E-state index contributed by atoms with van der Waals surface area (Å²) in [6, 6.07) is 11.0. The number of benzene rings is 1. The van der Waals surface area contributed by atoms with Crippen LogP contribution in [0.1, 0.15) is 42.4 Å². The Balaban J connectivity index is 2.03. The first kappa shape index (κ1) is 17.9. The molecule has 2 aromatic rings. The number of anilines is 1. The lowest BCUT2D eigenvalue weighted by atomic mass is 10.1. The molecule has 0 spiro atoms. The summed E-state index contributed by atoms with van der Waals surface area (Å²) < 4.78 is 0. The van der Waals surface area contributed by atoms with Gasteiger partial charge in [0.1, 0.15) is 0 Å². The van der Waals surface area contributed by atoms with Gasteiger partial charge < -0.3 is 5.32 Å². The van der Waals surface area contributed by atoms with Crippen molar-refractivity contribution in [2.45, 2.75) is 27.2 Å². The number of hydrazone groups is 1. The molecule has 0 aliphatic rings. The van der Waals surface area contributed by atoms with Crippen LogP contribution in [0.4, 0.5) is 5.69 Å². The highest BCUT2D eigenvalue weighted by Crippen LogP contribution is 2.15. The number of nitrogens with one attached hydrogen (secondary N) is 2. The monoisotopic (exact) mass is 343 g/mol. The number of rotatable bonds is 6. The zero-order valence-electron chi connectivity index (χ0n) is 14.0. The lowest BCUT2D eigenvalue weighted by Gasteiger charge is -2.07. The van der Waals surface area contributed by atoms with Crippen LogP contribution in [0.5, 0.6) is 0 Å². The van der Waals surface area contributed by atoms with E-state index in [2.05, 4.69) is 15.8 Å². The second kappa shape index (κ2) is 8.40. The zero-order valence-corrected chi connectivity index (χ0v) is 14.8. The first-order valence-electron chi connectivity index (χ1n) is 7.74. The number of carbonyl (C=O) groups excluding carboxylic acids is 2. The van der Waals surface area contributed by atoms with Crippen molar-refractivity contribution in [3.8, 4) is 0 Å². The molecule has 0 unspecified atom stereocenters. The van der Waals surface area contributed by atoms with E-state index >= 15 is 0 Å². The molecular weight excluding hydrogens is 322 g/mol. The molecule has 1 aromatic carbocycles. The highest BCUT2D eigenvalue weighted by Gasteiger charge is 2.08. The van der Waals surface area contributed by atoms with E-state index < -0.39 is 0 Å². The molecule has 6 heteroatoms. The van der Waals surface area contributed by atoms with Crippen molar-refractivity contribution < 1.29 is 9.59 Å². The lowest BCUT2D eigenvalue weighted by molar-refractivity contribution is -0.121. The maximum atomic E-state index is 12.1. The minimum absolute atomic E-state index is 0.105. The Bertz CT molecular complexity index is 736. The fourth-order valence-electron chi connectivity index (χ4n) is 2.05. The molecule has 0 saturated carbocycles. The maximum absolute atomic E-state index is 12.1. The molecule has 2 rings (SSSR count). The Morgan fingerprint density at radius 3 is 2.67 bits per heavy atom. The topological polar surface area (TPSA) is 70.6 Å². The molecule has 0 aliphatic heterocycles. The fourth-order valence-corrected chi connectivity index (χ4v) is 2.67. The van der Waals surface area contributed by atoms with E-state index in [0.29, 0.717) is 22.7 Å². The summed E-state index contributed by atoms with van der Waals surface area (Å²) in [5.41, 5.74) is 4.76. The fraction of sp³-hybridized carbons (Fsp3) is 0.278. The number of amides is 2. The van der Waals surface area contributed by atoms with E-state index in [1.54, 1.807) is 6.07 Å². The van der Waals surface area contributed by atoms with Gasteiger partial charge in [-0.3, -0.25) is 9.59 Å². The first-order chi connectivity index (χ1) is 11.5. The molecule has 0 atom stereocenters. The number of carbonyl (C=O) groups is 2. The maximum Gasteiger partial charge on any atom is 0.265 e. The van der Waals surface area contributed by atoms with E-state index in [9.17, 15) is 9.59 Å². The largest absolute Gasteiger partial charge is 0.321 e. The second-order valence-corrected chi connectivity index (χ2v) is 6.79. The second-order valence-electron chi connectivity index (χ2n) is 5.84. The summed E-state index contributed by atoms with van der Waals surface area (Å²) in [5.74, 6) is 0.0461. The molecule has 5 nitrogen and oxygen atoms in total. The van der Waals surface area contributed by atoms with Gasteiger partial charge in [-0.05, 0) is 42.0 Å². The van der Waals surface area contributed by atoms with Crippen LogP contribution in [0.15, 0.2) is 46.9 Å². The third kappa shape index (κ3) is 5.31. The van der Waals surface area contributed by atoms with Gasteiger partial charge in [-0.1, -0.05) is 32.0 Å². The highest BCUT2D eigenvalue weighted by molar-refractivity contribution is 7.12. The predicted molar refractivity (Wildman–Crippen MR) is 98.5 cm³/mol. The number of nitrogens with zero attached hydrogens (tertiary/aromatic N) is 1. The van der Waals surface area contributed by atoms with Crippen molar-refractivity contribution in [1.82, 2.24) is 5.43 Å². The van der Waals surface area contributed by atoms with Crippen LogP contribution < -0.4 is 10.7 Å². The van der Waals surface area contributed by atoms with Crippen LogP contribution >= 0.6 is 11.3 Å². The van der Waals surface area contributed by atoms with Crippen molar-refractivity contribution in [1.29, 1.82) is 0 Å². The number of hydrogen-bond acceptors (Lipinski definition) is 4. The highest BCUT2D eigenvalue weighted by atomic mass is 32.1. The Labute approximate surface area is 145 Å². The average molecular weight is 343 g/mol. The quantitative estimate of drug-likeness (QED) is 0.617. The first-order valence-corrected chi connectivity index (χ1v) is 8.62. The van der Waals surface area contributed by atoms with Gasteiger partial charge in [0.2, 0.25) is 5.91 Å². The molecule has 0 fully saturated rings. The standard InChI is InChI=1S/C18H21N3O2S/c1-12(2)10-17(22)21-20-13(3)14-6-4-7-15(11-14)19-18(23)16-8-5-9-24-16/h4-9,11-12H,10H2,1-3H3,(H,19,23)(H,21,22)/b20-13+. The van der Waals surface area contributed by atoms with Gasteiger partial charge in [0.05, 0.1) is 10.6 Å². The normalized spacial score (nSPS) is 11.4. The van der Waals surface area contributed by atoms with Gasteiger partial charge >= 0.3 is 0 Å². The number of thiophene rings is 1. The minimum Gasteiger partial charge on any atom is -0.321 e. The van der Waals surface area contributed by atoms with Crippen LogP contribution in [-0.4, -0.2) is 17.5 Å². The summed E-state index contributed by atoms with van der Waals surface area (Å²) in [6.07, 6.45) is 0.438. The number of hydrogen-bond donors (Lipinski definition) is 2. The predicted octanol–water partition coefficient (Wildman–Crippen LogP) is 3.89. The van der Waals surface area contributed by atoms with Crippen LogP contribution in [-0.2, 0) is 4.79 Å².